The molecule has 0 saturated carbocycles. The van der Waals surface area contributed by atoms with Crippen molar-refractivity contribution in [1.29, 1.82) is 0 Å². The third-order valence-corrected chi connectivity index (χ3v) is 3.87. The summed E-state index contributed by atoms with van der Waals surface area (Å²) >= 11 is 0. The van der Waals surface area contributed by atoms with Gasteiger partial charge in [0.25, 0.3) is 0 Å². The van der Waals surface area contributed by atoms with Gasteiger partial charge in [-0.05, 0) is 0 Å². The van der Waals surface area contributed by atoms with E-state index in [0.29, 0.717) is 13.1 Å². The summed E-state index contributed by atoms with van der Waals surface area (Å²) in [6.07, 6.45) is -0.823. The first-order valence-electron chi connectivity index (χ1n) is 3.89. The van der Waals surface area contributed by atoms with Gasteiger partial charge in [0.1, 0.15) is 0 Å². The molecule has 0 atom stereocenters. The normalized spacial score (nSPS) is 21.8. The fourth-order valence-electron chi connectivity index (χ4n) is 1.18. The third-order valence-electron chi connectivity index (χ3n) is 1.89. The zero-order chi connectivity index (χ0) is 10.1. The predicted octanol–water partition coefficient (Wildman–Crippen LogP) is -0.365. The van der Waals surface area contributed by atoms with Crippen LogP contribution >= 0.6 is 0 Å². The number of ether oxygens (including phenoxy) is 1. The highest BCUT2D eigenvalue weighted by molar-refractivity contribution is 7.87. The van der Waals surface area contributed by atoms with Crippen LogP contribution in [0.5, 0.6) is 0 Å². The highest BCUT2D eigenvalue weighted by Crippen LogP contribution is 2.16. The summed E-state index contributed by atoms with van der Waals surface area (Å²) in [5, 5.41) is 0. The molecule has 0 spiro atoms. The molecule has 7 heteroatoms. The molecule has 0 aromatic rings. The van der Waals surface area contributed by atoms with E-state index in [1.165, 1.54) is 4.31 Å². The molecule has 0 aromatic heterocycles. The van der Waals surface area contributed by atoms with Gasteiger partial charge in [-0.3, -0.25) is 0 Å². The monoisotopic (exact) mass is 208 g/mol. The van der Waals surface area contributed by atoms with E-state index in [-0.39, 0.29) is 6.54 Å². The lowest BCUT2D eigenvalue weighted by atomic mass is 10.6. The van der Waals surface area contributed by atoms with Crippen LogP contribution in [0.2, 0.25) is 0 Å². The van der Waals surface area contributed by atoms with Crippen LogP contribution in [0.1, 0.15) is 6.92 Å². The number of hydrogen-bond donors (Lipinski definition) is 0. The average Bonchev–Trinajstić information content (AvgIpc) is 2.39. The lowest BCUT2D eigenvalue weighted by Crippen LogP contribution is -2.36. The second-order valence-corrected chi connectivity index (χ2v) is 4.39. The molecule has 0 radical (unpaired) electrons. The molecule has 6 nitrogen and oxygen atoms in total. The van der Waals surface area contributed by atoms with Gasteiger partial charge in [0.2, 0.25) is 0 Å². The Balaban J connectivity index is 2.88. The average molecular weight is 208 g/mol. The maximum absolute atomic E-state index is 11.5. The Morgan fingerprint density at radius 1 is 1.46 bits per heavy atom. The molecule has 1 aliphatic heterocycles. The molecule has 0 bridgehead atoms. The van der Waals surface area contributed by atoms with Crippen LogP contribution in [0.25, 0.3) is 0 Å². The zero-order valence-corrected chi connectivity index (χ0v) is 8.37. The Morgan fingerprint density at radius 3 is 2.46 bits per heavy atom. The fourth-order valence-corrected chi connectivity index (χ4v) is 2.67. The Kier molecular flexibility index (Phi) is 2.77. The van der Waals surface area contributed by atoms with Gasteiger partial charge in [0.15, 0.2) is 0 Å². The van der Waals surface area contributed by atoms with Gasteiger partial charge < -0.3 is 4.74 Å². The van der Waals surface area contributed by atoms with Crippen molar-refractivity contribution in [3.05, 3.63) is 0 Å². The topological polar surface area (TPSA) is 66.9 Å². The Bertz CT molecular complexity index is 300. The largest absolute Gasteiger partial charge is 0.452 e. The molecule has 13 heavy (non-hydrogen) atoms. The van der Waals surface area contributed by atoms with Crippen LogP contribution in [0.15, 0.2) is 0 Å². The first-order chi connectivity index (χ1) is 6.04. The minimum Gasteiger partial charge on any atom is -0.452 e. The molecular weight excluding hydrogens is 196 g/mol. The standard InChI is InChI=1S/C6H12N2O4S/c1-3-7-4-5-8(6(9)12-2)13(7,10)11/h3-5H2,1-2H3. The van der Waals surface area contributed by atoms with Crippen molar-refractivity contribution >= 4 is 16.3 Å². The van der Waals surface area contributed by atoms with Crippen LogP contribution in [-0.2, 0) is 14.9 Å². The van der Waals surface area contributed by atoms with E-state index in [9.17, 15) is 13.2 Å². The van der Waals surface area contributed by atoms with Gasteiger partial charge in [-0.25, -0.2) is 4.79 Å². The molecule has 1 rings (SSSR count). The summed E-state index contributed by atoms with van der Waals surface area (Å²) in [6.45, 7) is 2.60. The van der Waals surface area contributed by atoms with Gasteiger partial charge in [0.05, 0.1) is 13.7 Å². The SMILES string of the molecule is CCN1CCN(C(=O)OC)S1(=O)=O. The van der Waals surface area contributed by atoms with E-state index in [0.717, 1.165) is 11.4 Å². The summed E-state index contributed by atoms with van der Waals surface area (Å²) < 4.78 is 29.3. The van der Waals surface area contributed by atoms with E-state index < -0.39 is 16.3 Å². The lowest BCUT2D eigenvalue weighted by Gasteiger charge is -2.15. The second-order valence-electron chi connectivity index (χ2n) is 2.54. The Labute approximate surface area is 77.2 Å². The van der Waals surface area contributed by atoms with Crippen molar-refractivity contribution in [1.82, 2.24) is 8.61 Å². The Morgan fingerprint density at radius 2 is 2.08 bits per heavy atom. The zero-order valence-electron chi connectivity index (χ0n) is 7.56. The van der Waals surface area contributed by atoms with Gasteiger partial charge >= 0.3 is 16.3 Å². The van der Waals surface area contributed by atoms with Crippen LogP contribution in [0, 0.1) is 0 Å². The molecule has 0 aliphatic carbocycles. The van der Waals surface area contributed by atoms with Gasteiger partial charge in [0, 0.05) is 13.1 Å². The van der Waals surface area contributed by atoms with Crippen molar-refractivity contribution in [3.8, 4) is 0 Å². The number of rotatable bonds is 1. The van der Waals surface area contributed by atoms with Crippen LogP contribution in [0.3, 0.4) is 0 Å². The first-order valence-corrected chi connectivity index (χ1v) is 5.29. The second kappa shape index (κ2) is 3.51. The van der Waals surface area contributed by atoms with Crippen molar-refractivity contribution in [2.24, 2.45) is 0 Å². The fraction of sp³-hybridized carbons (Fsp3) is 0.833. The van der Waals surface area contributed by atoms with Gasteiger partial charge in [-0.15, -0.1) is 0 Å². The number of likely N-dealkylation sites (N-methyl/N-ethyl adjacent to an activating group) is 1. The van der Waals surface area contributed by atoms with Crippen molar-refractivity contribution < 1.29 is 17.9 Å². The van der Waals surface area contributed by atoms with Gasteiger partial charge in [-0.2, -0.15) is 17.0 Å². The molecule has 1 heterocycles. The minimum atomic E-state index is -3.60. The number of amides is 1. The summed E-state index contributed by atoms with van der Waals surface area (Å²) in [6, 6.07) is 0. The third kappa shape index (κ3) is 1.61. The number of nitrogens with zero attached hydrogens (tertiary/aromatic N) is 2. The molecule has 0 unspecified atom stereocenters. The lowest BCUT2D eigenvalue weighted by molar-refractivity contribution is 0.152. The van der Waals surface area contributed by atoms with Crippen LogP contribution in [0.4, 0.5) is 4.79 Å². The van der Waals surface area contributed by atoms with Crippen LogP contribution < -0.4 is 0 Å². The summed E-state index contributed by atoms with van der Waals surface area (Å²) in [4.78, 5) is 11.0. The molecule has 0 aromatic carbocycles. The molecular formula is C6H12N2O4S. The van der Waals surface area contributed by atoms with Crippen molar-refractivity contribution in [3.63, 3.8) is 0 Å². The van der Waals surface area contributed by atoms with Gasteiger partial charge in [-0.1, -0.05) is 6.92 Å². The minimum absolute atomic E-state index is 0.169. The molecule has 1 saturated heterocycles. The van der Waals surface area contributed by atoms with E-state index in [2.05, 4.69) is 4.74 Å². The van der Waals surface area contributed by atoms with Crippen LogP contribution in [-0.4, -0.2) is 49.9 Å². The maximum atomic E-state index is 11.5. The smallest absolute Gasteiger partial charge is 0.424 e. The van der Waals surface area contributed by atoms with Crippen molar-refractivity contribution in [2.45, 2.75) is 6.92 Å². The maximum Gasteiger partial charge on any atom is 0.424 e. The summed E-state index contributed by atoms with van der Waals surface area (Å²) in [5.41, 5.74) is 0. The van der Waals surface area contributed by atoms with E-state index >= 15 is 0 Å². The number of methoxy groups -OCH3 is 1. The van der Waals surface area contributed by atoms with E-state index in [4.69, 9.17) is 0 Å². The highest BCUT2D eigenvalue weighted by Gasteiger charge is 2.39. The molecule has 1 amide bonds. The molecule has 0 N–H and O–H groups in total. The molecule has 1 fully saturated rings. The summed E-state index contributed by atoms with van der Waals surface area (Å²) in [7, 11) is -2.44. The highest BCUT2D eigenvalue weighted by atomic mass is 32.2. The van der Waals surface area contributed by atoms with E-state index in [1.807, 2.05) is 0 Å². The van der Waals surface area contributed by atoms with Crippen molar-refractivity contribution in [2.75, 3.05) is 26.7 Å². The number of carbonyl (C=O) groups excluding carboxylic acids is 1. The first kappa shape index (κ1) is 10.3. The quantitative estimate of drug-likeness (QED) is 0.590. The Hall–Kier alpha value is -0.820. The number of carbonyl (C=O) groups is 1. The molecule has 76 valence electrons. The molecule has 1 aliphatic rings. The van der Waals surface area contributed by atoms with E-state index in [1.54, 1.807) is 6.92 Å². The predicted molar refractivity (Wildman–Crippen MR) is 45.3 cm³/mol. The number of hydrogen-bond acceptors (Lipinski definition) is 4. The summed E-state index contributed by atoms with van der Waals surface area (Å²) in [5.74, 6) is 0.